The third-order valence-electron chi connectivity index (χ3n) is 4.71. The van der Waals surface area contributed by atoms with Crippen molar-refractivity contribution in [1.29, 1.82) is 0 Å². The highest BCUT2D eigenvalue weighted by Gasteiger charge is 2.39. The summed E-state index contributed by atoms with van der Waals surface area (Å²) < 4.78 is 0. The van der Waals surface area contributed by atoms with Crippen LogP contribution in [-0.2, 0) is 11.3 Å². The summed E-state index contributed by atoms with van der Waals surface area (Å²) in [5, 5.41) is 9.05. The molecule has 1 heterocycles. The summed E-state index contributed by atoms with van der Waals surface area (Å²) in [5.41, 5.74) is 9.31. The molecule has 0 radical (unpaired) electrons. The Hall–Kier alpha value is -2.86. The minimum Gasteiger partial charge on any atom is -0.481 e. The summed E-state index contributed by atoms with van der Waals surface area (Å²) in [7, 11) is 0. The van der Waals surface area contributed by atoms with Gasteiger partial charge in [0, 0.05) is 30.9 Å². The van der Waals surface area contributed by atoms with Crippen LogP contribution in [-0.4, -0.2) is 29.7 Å². The summed E-state index contributed by atoms with van der Waals surface area (Å²) in [4.78, 5) is 27.6. The highest BCUT2D eigenvalue weighted by atomic mass is 16.4. The van der Waals surface area contributed by atoms with Crippen LogP contribution in [0.25, 0.3) is 0 Å². The molecule has 3 N–H and O–H groups in total. The number of nitrogens with two attached hydrogens (primary N) is 1. The number of carbonyl (C=O) groups excluding carboxylic acids is 1. The molecule has 1 aliphatic rings. The maximum absolute atomic E-state index is 13.1. The lowest BCUT2D eigenvalue weighted by molar-refractivity contribution is -0.137. The quantitative estimate of drug-likeness (QED) is 0.835. The highest BCUT2D eigenvalue weighted by Crippen LogP contribution is 2.32. The van der Waals surface area contributed by atoms with E-state index in [0.29, 0.717) is 19.5 Å². The molecule has 3 rings (SSSR count). The van der Waals surface area contributed by atoms with E-state index in [-0.39, 0.29) is 18.5 Å². The van der Waals surface area contributed by atoms with Crippen molar-refractivity contribution < 1.29 is 14.7 Å². The molecule has 6 nitrogen and oxygen atoms in total. The minimum atomic E-state index is -0.854. The molecular weight excluding hydrogens is 330 g/mol. The molecule has 1 atom stereocenters. The standard InChI is InChI=1S/C20H23N3O3/c1-14-11-15(12-21)7-9-18(14)22-13-17(8-10-19(24)25)23(20(22)26)16-5-3-2-4-6-16/h2-7,9,11,17H,8,10,12-13,21H2,1H3,(H,24,25). The molecule has 0 aromatic heterocycles. The molecule has 26 heavy (non-hydrogen) atoms. The van der Waals surface area contributed by atoms with Crippen LogP contribution in [0.4, 0.5) is 16.2 Å². The van der Waals surface area contributed by atoms with Crippen LogP contribution < -0.4 is 15.5 Å². The van der Waals surface area contributed by atoms with Gasteiger partial charge in [0.15, 0.2) is 0 Å². The zero-order valence-electron chi connectivity index (χ0n) is 14.8. The molecule has 1 unspecified atom stereocenters. The van der Waals surface area contributed by atoms with Crippen molar-refractivity contribution in [3.63, 3.8) is 0 Å². The van der Waals surface area contributed by atoms with E-state index in [9.17, 15) is 9.59 Å². The number of carboxylic acid groups (broad SMARTS) is 1. The zero-order chi connectivity index (χ0) is 18.7. The third kappa shape index (κ3) is 3.55. The number of aryl methyl sites for hydroxylation is 1. The van der Waals surface area contributed by atoms with E-state index in [4.69, 9.17) is 10.8 Å². The van der Waals surface area contributed by atoms with E-state index in [0.717, 1.165) is 22.5 Å². The van der Waals surface area contributed by atoms with Gasteiger partial charge in [0.05, 0.1) is 6.04 Å². The molecule has 1 saturated heterocycles. The first kappa shape index (κ1) is 17.9. The molecule has 136 valence electrons. The largest absolute Gasteiger partial charge is 0.481 e. The Morgan fingerprint density at radius 3 is 2.58 bits per heavy atom. The maximum atomic E-state index is 13.1. The fraction of sp³-hybridized carbons (Fsp3) is 0.300. The SMILES string of the molecule is Cc1cc(CN)ccc1N1CC(CCC(=O)O)N(c2ccccc2)C1=O. The van der Waals surface area contributed by atoms with Crippen LogP contribution in [0, 0.1) is 6.92 Å². The second kappa shape index (κ2) is 7.58. The van der Waals surface area contributed by atoms with Crippen molar-refractivity contribution in [2.45, 2.75) is 32.4 Å². The lowest BCUT2D eigenvalue weighted by Crippen LogP contribution is -2.35. The number of rotatable bonds is 6. The minimum absolute atomic E-state index is 0.0280. The van der Waals surface area contributed by atoms with Crippen molar-refractivity contribution in [1.82, 2.24) is 0 Å². The lowest BCUT2D eigenvalue weighted by Gasteiger charge is -2.23. The number of benzene rings is 2. The van der Waals surface area contributed by atoms with Gasteiger partial charge in [-0.2, -0.15) is 0 Å². The van der Waals surface area contributed by atoms with Gasteiger partial charge in [0.2, 0.25) is 0 Å². The van der Waals surface area contributed by atoms with Crippen molar-refractivity contribution in [3.8, 4) is 0 Å². The van der Waals surface area contributed by atoms with Crippen LogP contribution in [0.5, 0.6) is 0 Å². The molecule has 2 aromatic carbocycles. The second-order valence-electron chi connectivity index (χ2n) is 6.51. The van der Waals surface area contributed by atoms with E-state index in [2.05, 4.69) is 0 Å². The number of amides is 2. The van der Waals surface area contributed by atoms with E-state index in [1.807, 2.05) is 55.5 Å². The number of para-hydroxylation sites is 1. The molecule has 0 aliphatic carbocycles. The van der Waals surface area contributed by atoms with Crippen LogP contribution in [0.2, 0.25) is 0 Å². The third-order valence-corrected chi connectivity index (χ3v) is 4.71. The highest BCUT2D eigenvalue weighted by molar-refractivity contribution is 6.07. The molecule has 0 saturated carbocycles. The Balaban J connectivity index is 1.93. The molecule has 0 spiro atoms. The number of hydrogen-bond acceptors (Lipinski definition) is 3. The van der Waals surface area contributed by atoms with Gasteiger partial charge < -0.3 is 10.8 Å². The van der Waals surface area contributed by atoms with Gasteiger partial charge >= 0.3 is 12.0 Å². The number of aliphatic carboxylic acids is 1. The zero-order valence-corrected chi connectivity index (χ0v) is 14.8. The fourth-order valence-corrected chi connectivity index (χ4v) is 3.43. The molecular formula is C20H23N3O3. The normalized spacial score (nSPS) is 17.0. The summed E-state index contributed by atoms with van der Waals surface area (Å²) in [5.74, 6) is -0.854. The molecule has 0 bridgehead atoms. The molecule has 2 amide bonds. The Kier molecular flexibility index (Phi) is 5.23. The average molecular weight is 353 g/mol. The summed E-state index contributed by atoms with van der Waals surface area (Å²) in [6, 6.07) is 14.9. The van der Waals surface area contributed by atoms with Crippen LogP contribution in [0.15, 0.2) is 48.5 Å². The van der Waals surface area contributed by atoms with Gasteiger partial charge in [-0.15, -0.1) is 0 Å². The molecule has 1 fully saturated rings. The van der Waals surface area contributed by atoms with Gasteiger partial charge in [0.25, 0.3) is 0 Å². The number of carboxylic acids is 1. The average Bonchev–Trinajstić information content (AvgIpc) is 2.96. The number of hydrogen-bond donors (Lipinski definition) is 2. The summed E-state index contributed by atoms with van der Waals surface area (Å²) in [6.45, 7) is 2.87. The van der Waals surface area contributed by atoms with Crippen molar-refractivity contribution >= 4 is 23.4 Å². The van der Waals surface area contributed by atoms with E-state index < -0.39 is 5.97 Å². The predicted molar refractivity (Wildman–Crippen MR) is 101 cm³/mol. The summed E-state index contributed by atoms with van der Waals surface area (Å²) >= 11 is 0. The summed E-state index contributed by atoms with van der Waals surface area (Å²) in [6.07, 6.45) is 0.437. The Morgan fingerprint density at radius 2 is 1.96 bits per heavy atom. The monoisotopic (exact) mass is 353 g/mol. The molecule has 1 aliphatic heterocycles. The molecule has 2 aromatic rings. The predicted octanol–water partition coefficient (Wildman–Crippen LogP) is 3.13. The lowest BCUT2D eigenvalue weighted by atomic mass is 10.1. The Labute approximate surface area is 152 Å². The maximum Gasteiger partial charge on any atom is 0.329 e. The topological polar surface area (TPSA) is 86.9 Å². The molecule has 6 heteroatoms. The second-order valence-corrected chi connectivity index (χ2v) is 6.51. The van der Waals surface area contributed by atoms with Crippen molar-refractivity contribution in [3.05, 3.63) is 59.7 Å². The first-order valence-corrected chi connectivity index (χ1v) is 8.68. The van der Waals surface area contributed by atoms with E-state index in [1.54, 1.807) is 9.80 Å². The van der Waals surface area contributed by atoms with Crippen LogP contribution in [0.1, 0.15) is 24.0 Å². The number of carbonyl (C=O) groups is 2. The van der Waals surface area contributed by atoms with Gasteiger partial charge in [0.1, 0.15) is 0 Å². The Morgan fingerprint density at radius 1 is 1.23 bits per heavy atom. The van der Waals surface area contributed by atoms with E-state index >= 15 is 0 Å². The number of nitrogens with zero attached hydrogens (tertiary/aromatic N) is 2. The smallest absolute Gasteiger partial charge is 0.329 e. The van der Waals surface area contributed by atoms with Gasteiger partial charge in [-0.1, -0.05) is 30.3 Å². The number of anilines is 2. The van der Waals surface area contributed by atoms with Crippen molar-refractivity contribution in [2.75, 3.05) is 16.3 Å². The van der Waals surface area contributed by atoms with Gasteiger partial charge in [-0.05, 0) is 42.7 Å². The van der Waals surface area contributed by atoms with Crippen molar-refractivity contribution in [2.24, 2.45) is 5.73 Å². The number of urea groups is 1. The van der Waals surface area contributed by atoms with Gasteiger partial charge in [-0.3, -0.25) is 14.6 Å². The van der Waals surface area contributed by atoms with E-state index in [1.165, 1.54) is 0 Å². The van der Waals surface area contributed by atoms with Gasteiger partial charge in [-0.25, -0.2) is 4.79 Å². The van der Waals surface area contributed by atoms with Crippen LogP contribution in [0.3, 0.4) is 0 Å². The Bertz CT molecular complexity index is 807. The first-order valence-electron chi connectivity index (χ1n) is 8.68. The van der Waals surface area contributed by atoms with Crippen LogP contribution >= 0.6 is 0 Å². The first-order chi connectivity index (χ1) is 12.5. The fourth-order valence-electron chi connectivity index (χ4n) is 3.43.